The Kier molecular flexibility index (Phi) is 3.91. The Bertz CT molecular complexity index is 296. The van der Waals surface area contributed by atoms with Crippen LogP contribution in [0.3, 0.4) is 0 Å². The van der Waals surface area contributed by atoms with Gasteiger partial charge in [0.15, 0.2) is 0 Å². The zero-order valence-corrected chi connectivity index (χ0v) is 10.5. The van der Waals surface area contributed by atoms with Crippen LogP contribution in [0.15, 0.2) is 4.42 Å². The summed E-state index contributed by atoms with van der Waals surface area (Å²) in [7, 11) is 0. The molecule has 0 bridgehead atoms. The van der Waals surface area contributed by atoms with Crippen LogP contribution < -0.4 is 5.32 Å². The van der Waals surface area contributed by atoms with Gasteiger partial charge in [-0.3, -0.25) is 0 Å². The highest BCUT2D eigenvalue weighted by Gasteiger charge is 2.14. The summed E-state index contributed by atoms with van der Waals surface area (Å²) in [5.41, 5.74) is 1.33. The minimum atomic E-state index is 0.344. The normalized spacial score (nSPS) is 12.1. The Morgan fingerprint density at radius 3 is 2.47 bits per heavy atom. The van der Waals surface area contributed by atoms with Gasteiger partial charge in [0, 0.05) is 6.54 Å². The maximum absolute atomic E-state index is 5.49. The lowest BCUT2D eigenvalue weighted by molar-refractivity contribution is 0.318. The Labute approximate surface area is 92.3 Å². The van der Waals surface area contributed by atoms with E-state index in [0.29, 0.717) is 5.41 Å². The van der Waals surface area contributed by atoms with Crippen LogP contribution in [0.1, 0.15) is 44.5 Å². The van der Waals surface area contributed by atoms with E-state index >= 15 is 0 Å². The molecule has 1 aromatic rings. The third-order valence-electron chi connectivity index (χ3n) is 2.91. The molecule has 0 amide bonds. The number of aryl methyl sites for hydroxylation is 2. The highest BCUT2D eigenvalue weighted by Crippen LogP contribution is 2.18. The number of rotatable bonds is 5. The Morgan fingerprint density at radius 2 is 2.00 bits per heavy atom. The molecule has 1 rings (SSSR count). The maximum atomic E-state index is 5.49. The van der Waals surface area contributed by atoms with Crippen LogP contribution >= 0.6 is 0 Å². The predicted octanol–water partition coefficient (Wildman–Crippen LogP) is 2.82. The molecule has 1 aromatic heterocycles. The molecule has 0 saturated heterocycles. The molecule has 0 atom stereocenters. The number of nitrogens with one attached hydrogen (secondary N) is 1. The smallest absolute Gasteiger partial charge is 0.208 e. The minimum Gasteiger partial charge on any atom is -0.444 e. The average Bonchev–Trinajstić information content (AvgIpc) is 2.46. The van der Waals surface area contributed by atoms with Gasteiger partial charge in [-0.05, 0) is 25.7 Å². The van der Waals surface area contributed by atoms with Crippen molar-refractivity contribution >= 4 is 0 Å². The van der Waals surface area contributed by atoms with Gasteiger partial charge in [0.25, 0.3) is 0 Å². The van der Waals surface area contributed by atoms with Crippen LogP contribution in [0.25, 0.3) is 0 Å². The second-order valence-electron chi connectivity index (χ2n) is 4.87. The van der Waals surface area contributed by atoms with Crippen molar-refractivity contribution in [2.45, 2.75) is 47.6 Å². The van der Waals surface area contributed by atoms with Gasteiger partial charge in [-0.15, -0.1) is 0 Å². The molecule has 86 valence electrons. The molecule has 0 saturated carbocycles. The number of nitrogens with zero attached hydrogens (tertiary/aromatic N) is 1. The van der Waals surface area contributed by atoms with Crippen molar-refractivity contribution in [2.24, 2.45) is 5.41 Å². The molecule has 1 N–H and O–H groups in total. The van der Waals surface area contributed by atoms with Crippen molar-refractivity contribution in [3.05, 3.63) is 17.3 Å². The minimum absolute atomic E-state index is 0.344. The van der Waals surface area contributed by atoms with E-state index in [0.717, 1.165) is 30.4 Å². The first-order valence-corrected chi connectivity index (χ1v) is 5.58. The standard InChI is InChI=1S/C12H22N2O/c1-6-12(4,5)8-13-7-11-14-9(2)10(3)15-11/h13H,6-8H2,1-5H3. The molecule has 1 heterocycles. The molecule has 3 nitrogen and oxygen atoms in total. The van der Waals surface area contributed by atoms with Gasteiger partial charge < -0.3 is 9.73 Å². The molecule has 0 aliphatic rings. The van der Waals surface area contributed by atoms with Gasteiger partial charge in [0.05, 0.1) is 12.2 Å². The van der Waals surface area contributed by atoms with Gasteiger partial charge in [0.2, 0.25) is 5.89 Å². The first-order chi connectivity index (χ1) is 6.94. The zero-order chi connectivity index (χ0) is 11.5. The lowest BCUT2D eigenvalue weighted by Gasteiger charge is -2.22. The molecule has 0 radical (unpaired) electrons. The summed E-state index contributed by atoms with van der Waals surface area (Å²) in [6.07, 6.45) is 1.17. The second kappa shape index (κ2) is 4.79. The van der Waals surface area contributed by atoms with Crippen LogP contribution in [0, 0.1) is 19.3 Å². The van der Waals surface area contributed by atoms with Crippen molar-refractivity contribution in [3.8, 4) is 0 Å². The predicted molar refractivity (Wildman–Crippen MR) is 61.8 cm³/mol. The van der Waals surface area contributed by atoms with Crippen LogP contribution in [-0.2, 0) is 6.54 Å². The van der Waals surface area contributed by atoms with Crippen LogP contribution in [0.2, 0.25) is 0 Å². The molecule has 0 unspecified atom stereocenters. The first-order valence-electron chi connectivity index (χ1n) is 5.58. The van der Waals surface area contributed by atoms with E-state index in [4.69, 9.17) is 4.42 Å². The van der Waals surface area contributed by atoms with Gasteiger partial charge in [-0.1, -0.05) is 20.8 Å². The molecule has 0 aliphatic carbocycles. The average molecular weight is 210 g/mol. The quantitative estimate of drug-likeness (QED) is 0.812. The lowest BCUT2D eigenvalue weighted by atomic mass is 9.90. The van der Waals surface area contributed by atoms with Crippen molar-refractivity contribution in [3.63, 3.8) is 0 Å². The van der Waals surface area contributed by atoms with E-state index in [-0.39, 0.29) is 0 Å². The number of hydrogen-bond acceptors (Lipinski definition) is 3. The summed E-state index contributed by atoms with van der Waals surface area (Å²) >= 11 is 0. The summed E-state index contributed by atoms with van der Waals surface area (Å²) in [5.74, 6) is 1.71. The van der Waals surface area contributed by atoms with Crippen LogP contribution in [-0.4, -0.2) is 11.5 Å². The summed E-state index contributed by atoms with van der Waals surface area (Å²) in [6.45, 7) is 12.3. The topological polar surface area (TPSA) is 38.1 Å². The molecule has 15 heavy (non-hydrogen) atoms. The van der Waals surface area contributed by atoms with Crippen molar-refractivity contribution in [2.75, 3.05) is 6.54 Å². The summed E-state index contributed by atoms with van der Waals surface area (Å²) in [6, 6.07) is 0. The van der Waals surface area contributed by atoms with Crippen molar-refractivity contribution in [1.29, 1.82) is 0 Å². The zero-order valence-electron chi connectivity index (χ0n) is 10.5. The van der Waals surface area contributed by atoms with E-state index in [2.05, 4.69) is 31.1 Å². The largest absolute Gasteiger partial charge is 0.444 e. The number of oxazole rings is 1. The van der Waals surface area contributed by atoms with Crippen molar-refractivity contribution < 1.29 is 4.42 Å². The Morgan fingerprint density at radius 1 is 1.33 bits per heavy atom. The monoisotopic (exact) mass is 210 g/mol. The van der Waals surface area contributed by atoms with Gasteiger partial charge in [0.1, 0.15) is 5.76 Å². The van der Waals surface area contributed by atoms with Gasteiger partial charge in [-0.2, -0.15) is 0 Å². The van der Waals surface area contributed by atoms with E-state index < -0.39 is 0 Å². The molecular weight excluding hydrogens is 188 g/mol. The Hall–Kier alpha value is -0.830. The SMILES string of the molecule is CCC(C)(C)CNCc1nc(C)c(C)o1. The van der Waals surface area contributed by atoms with Gasteiger partial charge in [-0.25, -0.2) is 4.98 Å². The van der Waals surface area contributed by atoms with Crippen LogP contribution in [0.4, 0.5) is 0 Å². The van der Waals surface area contributed by atoms with Crippen molar-refractivity contribution in [1.82, 2.24) is 10.3 Å². The molecule has 0 spiro atoms. The second-order valence-corrected chi connectivity index (χ2v) is 4.87. The lowest BCUT2D eigenvalue weighted by Crippen LogP contribution is -2.28. The molecular formula is C12H22N2O. The summed E-state index contributed by atoms with van der Waals surface area (Å²) in [5, 5.41) is 3.38. The third kappa shape index (κ3) is 3.67. The Balaban J connectivity index is 2.38. The summed E-state index contributed by atoms with van der Waals surface area (Å²) < 4.78 is 5.49. The van der Waals surface area contributed by atoms with E-state index in [1.807, 2.05) is 13.8 Å². The molecule has 3 heteroatoms. The van der Waals surface area contributed by atoms with E-state index in [1.54, 1.807) is 0 Å². The molecule has 0 aliphatic heterocycles. The van der Waals surface area contributed by atoms with E-state index in [9.17, 15) is 0 Å². The fraction of sp³-hybridized carbons (Fsp3) is 0.750. The third-order valence-corrected chi connectivity index (χ3v) is 2.91. The molecule has 0 aromatic carbocycles. The van der Waals surface area contributed by atoms with Gasteiger partial charge >= 0.3 is 0 Å². The van der Waals surface area contributed by atoms with E-state index in [1.165, 1.54) is 6.42 Å². The number of hydrogen-bond donors (Lipinski definition) is 1. The first kappa shape index (κ1) is 12.2. The van der Waals surface area contributed by atoms with Crippen LogP contribution in [0.5, 0.6) is 0 Å². The molecule has 0 fully saturated rings. The summed E-state index contributed by atoms with van der Waals surface area (Å²) in [4.78, 5) is 4.33. The number of aromatic nitrogens is 1. The highest BCUT2D eigenvalue weighted by atomic mass is 16.4. The highest BCUT2D eigenvalue weighted by molar-refractivity contribution is 5.05. The fourth-order valence-electron chi connectivity index (χ4n) is 1.25. The maximum Gasteiger partial charge on any atom is 0.208 e. The fourth-order valence-corrected chi connectivity index (χ4v) is 1.25.